The van der Waals surface area contributed by atoms with Crippen LogP contribution in [-0.2, 0) is 4.43 Å². The van der Waals surface area contributed by atoms with Gasteiger partial charge >= 0.3 is 6.18 Å². The highest BCUT2D eigenvalue weighted by Gasteiger charge is 2.82. The first kappa shape index (κ1) is 30.1. The van der Waals surface area contributed by atoms with Crippen molar-refractivity contribution in [1.82, 2.24) is 15.0 Å². The van der Waals surface area contributed by atoms with E-state index in [0.29, 0.717) is 28.5 Å². The van der Waals surface area contributed by atoms with Gasteiger partial charge in [0.2, 0.25) is 5.95 Å². The molecule has 2 aliphatic rings. The standard InChI is InChI=1S/C28H38F3N5O3SSi/c1-15-20(23-35-16-10-8-9-11-18(16)40-23)22(36-24(33-15)32-14-28(29,30)31)34-17-12-27(38)19(13-37)26(27,5)21(17)39-41(6,7)25(2,3)4/h8-11,17,19,21,37-38H,12-14H2,1-7H3,(H2,32,33,34,36). The molecule has 0 bridgehead atoms. The van der Waals surface area contributed by atoms with E-state index in [9.17, 15) is 23.4 Å². The van der Waals surface area contributed by atoms with Crippen LogP contribution < -0.4 is 10.6 Å². The molecule has 2 heterocycles. The number of alkyl halides is 3. The van der Waals surface area contributed by atoms with Crippen molar-refractivity contribution < 1.29 is 27.8 Å². The normalized spacial score (nSPS) is 28.1. The molecule has 41 heavy (non-hydrogen) atoms. The number of benzene rings is 1. The molecule has 2 saturated carbocycles. The molecule has 0 saturated heterocycles. The molecule has 0 amide bonds. The topological polar surface area (TPSA) is 112 Å². The monoisotopic (exact) mass is 609 g/mol. The predicted molar refractivity (Wildman–Crippen MR) is 158 cm³/mol. The summed E-state index contributed by atoms with van der Waals surface area (Å²) in [6.45, 7) is 12.9. The van der Waals surface area contributed by atoms with Crippen molar-refractivity contribution in [2.24, 2.45) is 11.3 Å². The van der Waals surface area contributed by atoms with Crippen molar-refractivity contribution in [2.45, 2.75) is 83.1 Å². The summed E-state index contributed by atoms with van der Waals surface area (Å²) in [5, 5.41) is 28.0. The number of nitrogens with one attached hydrogen (secondary N) is 2. The Labute approximate surface area is 242 Å². The zero-order valence-electron chi connectivity index (χ0n) is 24.3. The number of halogens is 3. The maximum Gasteiger partial charge on any atom is 0.405 e. The summed E-state index contributed by atoms with van der Waals surface area (Å²) in [6.07, 6.45) is -4.61. The Morgan fingerprint density at radius 2 is 1.83 bits per heavy atom. The molecular formula is C28H38F3N5O3SSi. The van der Waals surface area contributed by atoms with E-state index in [4.69, 9.17) is 9.41 Å². The Morgan fingerprint density at radius 3 is 2.44 bits per heavy atom. The molecule has 2 aromatic heterocycles. The number of aryl methyl sites for hydroxylation is 1. The average Bonchev–Trinajstić information content (AvgIpc) is 3.09. The molecule has 3 aromatic rings. The van der Waals surface area contributed by atoms with Gasteiger partial charge in [0.1, 0.15) is 17.4 Å². The number of hydrogen-bond acceptors (Lipinski definition) is 9. The van der Waals surface area contributed by atoms with Gasteiger partial charge in [0.25, 0.3) is 0 Å². The molecular weight excluding hydrogens is 571 g/mol. The number of fused-ring (bicyclic) bond motifs is 2. The molecule has 4 N–H and O–H groups in total. The van der Waals surface area contributed by atoms with Crippen LogP contribution >= 0.6 is 11.3 Å². The van der Waals surface area contributed by atoms with Crippen LogP contribution in [0, 0.1) is 18.3 Å². The van der Waals surface area contributed by atoms with E-state index in [1.807, 2.05) is 31.2 Å². The first-order valence-electron chi connectivity index (χ1n) is 13.7. The maximum absolute atomic E-state index is 13.0. The van der Waals surface area contributed by atoms with Gasteiger partial charge in [-0.1, -0.05) is 39.8 Å². The largest absolute Gasteiger partial charge is 0.411 e. The lowest BCUT2D eigenvalue weighted by atomic mass is 9.96. The molecule has 5 unspecified atom stereocenters. The van der Waals surface area contributed by atoms with E-state index in [-0.39, 0.29) is 23.5 Å². The van der Waals surface area contributed by atoms with E-state index in [0.717, 1.165) is 10.2 Å². The summed E-state index contributed by atoms with van der Waals surface area (Å²) in [7, 11) is -2.33. The molecule has 0 aliphatic heterocycles. The summed E-state index contributed by atoms with van der Waals surface area (Å²) in [6, 6.07) is 7.25. The Hall–Kier alpha value is -2.32. The van der Waals surface area contributed by atoms with Crippen LogP contribution in [0.3, 0.4) is 0 Å². The van der Waals surface area contributed by atoms with Crippen molar-refractivity contribution in [3.05, 3.63) is 30.0 Å². The number of aliphatic hydroxyl groups excluding tert-OH is 1. The van der Waals surface area contributed by atoms with Crippen molar-refractivity contribution in [3.8, 4) is 10.6 Å². The van der Waals surface area contributed by atoms with Gasteiger partial charge in [-0.25, -0.2) is 9.97 Å². The zero-order valence-corrected chi connectivity index (χ0v) is 26.2. The minimum absolute atomic E-state index is 0.107. The third-order valence-electron chi connectivity index (χ3n) is 9.41. The molecule has 2 fully saturated rings. The summed E-state index contributed by atoms with van der Waals surface area (Å²) < 4.78 is 47.0. The fraction of sp³-hybridized carbons (Fsp3) is 0.607. The van der Waals surface area contributed by atoms with Crippen LogP contribution in [0.1, 0.15) is 39.8 Å². The second-order valence-electron chi connectivity index (χ2n) is 13.0. The Kier molecular flexibility index (Phi) is 7.25. The van der Waals surface area contributed by atoms with Gasteiger partial charge in [-0.2, -0.15) is 18.2 Å². The van der Waals surface area contributed by atoms with Gasteiger partial charge in [-0.05, 0) is 43.6 Å². The number of nitrogens with zero attached hydrogens (tertiary/aromatic N) is 3. The fourth-order valence-corrected chi connectivity index (χ4v) is 8.44. The van der Waals surface area contributed by atoms with Crippen molar-refractivity contribution >= 4 is 41.6 Å². The predicted octanol–water partition coefficient (Wildman–Crippen LogP) is 5.97. The highest BCUT2D eigenvalue weighted by molar-refractivity contribution is 7.21. The summed E-state index contributed by atoms with van der Waals surface area (Å²) >= 11 is 1.45. The van der Waals surface area contributed by atoms with Crippen LogP contribution in [-0.4, -0.2) is 70.6 Å². The average molecular weight is 610 g/mol. The van der Waals surface area contributed by atoms with Crippen LogP contribution in [0.2, 0.25) is 18.1 Å². The van der Waals surface area contributed by atoms with Crippen molar-refractivity contribution in [1.29, 1.82) is 0 Å². The summed E-state index contributed by atoms with van der Waals surface area (Å²) in [5.74, 6) is -0.165. The highest BCUT2D eigenvalue weighted by Crippen LogP contribution is 2.72. The van der Waals surface area contributed by atoms with Crippen LogP contribution in [0.15, 0.2) is 24.3 Å². The minimum atomic E-state index is -4.44. The molecule has 5 rings (SSSR count). The number of hydrogen-bond donors (Lipinski definition) is 4. The van der Waals surface area contributed by atoms with E-state index in [1.54, 1.807) is 6.92 Å². The summed E-state index contributed by atoms with van der Waals surface area (Å²) in [5.41, 5.74) is 0.0263. The number of aliphatic hydroxyl groups is 2. The second kappa shape index (κ2) is 9.87. The number of anilines is 2. The molecule has 1 aromatic carbocycles. The van der Waals surface area contributed by atoms with Gasteiger partial charge in [0, 0.05) is 17.9 Å². The number of para-hydroxylation sites is 1. The zero-order chi connectivity index (χ0) is 30.2. The Bertz CT molecular complexity index is 1430. The van der Waals surface area contributed by atoms with E-state index >= 15 is 0 Å². The molecule has 2 aliphatic carbocycles. The van der Waals surface area contributed by atoms with E-state index in [2.05, 4.69) is 54.5 Å². The van der Waals surface area contributed by atoms with Crippen LogP contribution in [0.4, 0.5) is 24.9 Å². The van der Waals surface area contributed by atoms with Crippen molar-refractivity contribution in [3.63, 3.8) is 0 Å². The third kappa shape index (κ3) is 5.13. The fourth-order valence-electron chi connectivity index (χ4n) is 5.98. The lowest BCUT2D eigenvalue weighted by molar-refractivity contribution is -0.115. The van der Waals surface area contributed by atoms with Gasteiger partial charge in [0.05, 0.1) is 39.2 Å². The molecule has 5 atom stereocenters. The number of aromatic nitrogens is 3. The minimum Gasteiger partial charge on any atom is -0.411 e. The Balaban J connectivity index is 1.57. The van der Waals surface area contributed by atoms with Gasteiger partial charge in [-0.3, -0.25) is 0 Å². The highest BCUT2D eigenvalue weighted by atomic mass is 32.1. The quantitative estimate of drug-likeness (QED) is 0.231. The van der Waals surface area contributed by atoms with E-state index < -0.39 is 44.2 Å². The lowest BCUT2D eigenvalue weighted by Crippen LogP contribution is -2.50. The third-order valence-corrected chi connectivity index (χ3v) is 14.9. The van der Waals surface area contributed by atoms with Crippen LogP contribution in [0.25, 0.3) is 20.8 Å². The molecule has 224 valence electrons. The van der Waals surface area contributed by atoms with Gasteiger partial charge < -0.3 is 25.3 Å². The maximum atomic E-state index is 13.0. The lowest BCUT2D eigenvalue weighted by Gasteiger charge is -2.42. The molecule has 13 heteroatoms. The summed E-state index contributed by atoms with van der Waals surface area (Å²) in [4.78, 5) is 13.6. The smallest absolute Gasteiger partial charge is 0.405 e. The van der Waals surface area contributed by atoms with E-state index in [1.165, 1.54) is 11.3 Å². The Morgan fingerprint density at radius 1 is 1.15 bits per heavy atom. The van der Waals surface area contributed by atoms with Gasteiger partial charge in [-0.15, -0.1) is 11.3 Å². The first-order chi connectivity index (χ1) is 18.9. The first-order valence-corrected chi connectivity index (χ1v) is 17.5. The SMILES string of the molecule is Cc1nc(NCC(F)(F)F)nc(NC2CC3(O)C(CO)C3(C)C2O[Si](C)(C)C(C)(C)C)c1-c1nc2ccccc2s1. The number of thiazole rings is 1. The number of rotatable bonds is 8. The van der Waals surface area contributed by atoms with Crippen LogP contribution in [0.5, 0.6) is 0 Å². The molecule has 8 nitrogen and oxygen atoms in total. The van der Waals surface area contributed by atoms with Gasteiger partial charge in [0.15, 0.2) is 8.32 Å². The van der Waals surface area contributed by atoms with Crippen molar-refractivity contribution in [2.75, 3.05) is 23.8 Å². The molecule has 0 spiro atoms. The molecule has 0 radical (unpaired) electrons. The second-order valence-corrected chi connectivity index (χ2v) is 18.8.